The van der Waals surface area contributed by atoms with E-state index in [-0.39, 0.29) is 0 Å². The number of nitrogens with one attached hydrogen (secondary N) is 2. The highest BCUT2D eigenvalue weighted by Crippen LogP contribution is 2.40. The van der Waals surface area contributed by atoms with E-state index in [1.807, 2.05) is 44.4 Å². The monoisotopic (exact) mass is 465 g/mol. The zero-order valence-corrected chi connectivity index (χ0v) is 19.9. The number of anilines is 1. The number of ether oxygens (including phenoxy) is 1. The standard InChI is InChI=1S/C24H27N5O3S/c1-6-33(30,31)28-21-9-17(8-7-16(21)4)22-20-10-19(32-14-15(2)3)12-25-24(20)27-23(22)18-11-26-29(5)13-18/h6-13,15,28H,1,14H2,2-5H3,(H,25,27). The number of H-pyrrole nitrogens is 1. The number of nitrogens with zero attached hydrogens (tertiary/aromatic N) is 3. The lowest BCUT2D eigenvalue weighted by molar-refractivity contribution is 0.270. The highest BCUT2D eigenvalue weighted by atomic mass is 32.2. The molecule has 1 aromatic carbocycles. The van der Waals surface area contributed by atoms with E-state index in [4.69, 9.17) is 4.74 Å². The molecule has 3 aromatic heterocycles. The molecular formula is C24H27N5O3S. The summed E-state index contributed by atoms with van der Waals surface area (Å²) in [6.45, 7) is 9.99. The summed E-state index contributed by atoms with van der Waals surface area (Å²) in [6.07, 6.45) is 5.40. The van der Waals surface area contributed by atoms with Crippen LogP contribution in [0.25, 0.3) is 33.4 Å². The van der Waals surface area contributed by atoms with Crippen LogP contribution in [0.5, 0.6) is 5.75 Å². The van der Waals surface area contributed by atoms with E-state index in [0.29, 0.717) is 29.6 Å². The first kappa shape index (κ1) is 22.6. The van der Waals surface area contributed by atoms with Gasteiger partial charge in [-0.3, -0.25) is 9.40 Å². The number of sulfonamides is 1. The molecule has 0 amide bonds. The van der Waals surface area contributed by atoms with Crippen LogP contribution in [0.2, 0.25) is 0 Å². The molecule has 4 rings (SSSR count). The number of hydrogen-bond donors (Lipinski definition) is 2. The molecule has 33 heavy (non-hydrogen) atoms. The van der Waals surface area contributed by atoms with Crippen LogP contribution in [-0.4, -0.2) is 34.8 Å². The summed E-state index contributed by atoms with van der Waals surface area (Å²) in [4.78, 5) is 7.98. The van der Waals surface area contributed by atoms with Crippen molar-refractivity contribution in [1.29, 1.82) is 0 Å². The second kappa shape index (κ2) is 8.74. The van der Waals surface area contributed by atoms with Gasteiger partial charge in [0, 0.05) is 35.2 Å². The fourth-order valence-corrected chi connectivity index (χ4v) is 4.15. The quantitative estimate of drug-likeness (QED) is 0.387. The maximum atomic E-state index is 12.1. The number of fused-ring (bicyclic) bond motifs is 1. The molecule has 8 nitrogen and oxygen atoms in total. The molecule has 0 saturated carbocycles. The lowest BCUT2D eigenvalue weighted by Crippen LogP contribution is -2.09. The first-order chi connectivity index (χ1) is 15.7. The number of aromatic amines is 1. The lowest BCUT2D eigenvalue weighted by Gasteiger charge is -2.12. The summed E-state index contributed by atoms with van der Waals surface area (Å²) in [5.41, 5.74) is 5.44. The van der Waals surface area contributed by atoms with Gasteiger partial charge in [0.1, 0.15) is 11.4 Å². The zero-order chi connectivity index (χ0) is 23.8. The molecule has 0 atom stereocenters. The molecule has 0 bridgehead atoms. The van der Waals surface area contributed by atoms with Gasteiger partial charge >= 0.3 is 0 Å². The molecule has 0 aliphatic heterocycles. The van der Waals surface area contributed by atoms with Gasteiger partial charge in [-0.05, 0) is 36.1 Å². The van der Waals surface area contributed by atoms with Crippen molar-refractivity contribution in [3.05, 3.63) is 60.4 Å². The van der Waals surface area contributed by atoms with Crippen LogP contribution >= 0.6 is 0 Å². The maximum absolute atomic E-state index is 12.1. The van der Waals surface area contributed by atoms with Gasteiger partial charge in [0.2, 0.25) is 0 Å². The Bertz CT molecular complexity index is 1430. The predicted octanol–water partition coefficient (Wildman–Crippen LogP) is 4.86. The van der Waals surface area contributed by atoms with Gasteiger partial charge in [0.25, 0.3) is 10.0 Å². The molecule has 0 aliphatic rings. The number of benzene rings is 1. The Kier molecular flexibility index (Phi) is 5.99. The van der Waals surface area contributed by atoms with Crippen molar-refractivity contribution >= 4 is 26.7 Å². The van der Waals surface area contributed by atoms with Crippen molar-refractivity contribution < 1.29 is 13.2 Å². The molecule has 0 aliphatic carbocycles. The number of pyridine rings is 1. The van der Waals surface area contributed by atoms with Crippen molar-refractivity contribution in [1.82, 2.24) is 19.7 Å². The first-order valence-electron chi connectivity index (χ1n) is 10.6. The van der Waals surface area contributed by atoms with Crippen LogP contribution in [0.4, 0.5) is 5.69 Å². The Morgan fingerprint density at radius 3 is 2.70 bits per heavy atom. The molecule has 0 spiro atoms. The number of aryl methyl sites for hydroxylation is 2. The van der Waals surface area contributed by atoms with Crippen LogP contribution in [0.1, 0.15) is 19.4 Å². The highest BCUT2D eigenvalue weighted by molar-refractivity contribution is 7.95. The van der Waals surface area contributed by atoms with Crippen LogP contribution in [0.3, 0.4) is 0 Å². The Morgan fingerprint density at radius 1 is 1.24 bits per heavy atom. The minimum atomic E-state index is -3.64. The molecule has 172 valence electrons. The molecule has 4 aromatic rings. The summed E-state index contributed by atoms with van der Waals surface area (Å²) in [5.74, 6) is 1.06. The summed E-state index contributed by atoms with van der Waals surface area (Å²) >= 11 is 0. The largest absolute Gasteiger partial charge is 0.492 e. The number of rotatable bonds is 8. The normalized spacial score (nSPS) is 11.8. The number of aromatic nitrogens is 4. The minimum absolute atomic E-state index is 0.384. The summed E-state index contributed by atoms with van der Waals surface area (Å²) in [6, 6.07) is 7.63. The average Bonchev–Trinajstić information content (AvgIpc) is 3.36. The minimum Gasteiger partial charge on any atom is -0.492 e. The molecule has 9 heteroatoms. The Morgan fingerprint density at radius 2 is 2.03 bits per heavy atom. The van der Waals surface area contributed by atoms with E-state index in [1.54, 1.807) is 17.1 Å². The molecule has 0 saturated heterocycles. The average molecular weight is 466 g/mol. The van der Waals surface area contributed by atoms with Gasteiger partial charge in [0.15, 0.2) is 0 Å². The van der Waals surface area contributed by atoms with Crippen LogP contribution < -0.4 is 9.46 Å². The smallest absolute Gasteiger partial charge is 0.254 e. The van der Waals surface area contributed by atoms with Crippen molar-refractivity contribution in [2.24, 2.45) is 13.0 Å². The van der Waals surface area contributed by atoms with Gasteiger partial charge < -0.3 is 9.72 Å². The first-order valence-corrected chi connectivity index (χ1v) is 12.1. The second-order valence-electron chi connectivity index (χ2n) is 8.39. The summed E-state index contributed by atoms with van der Waals surface area (Å²) in [7, 11) is -1.79. The predicted molar refractivity (Wildman–Crippen MR) is 132 cm³/mol. The van der Waals surface area contributed by atoms with E-state index >= 15 is 0 Å². The van der Waals surface area contributed by atoms with Crippen molar-refractivity contribution in [2.75, 3.05) is 11.3 Å². The molecule has 0 unspecified atom stereocenters. The Labute approximate surface area is 193 Å². The van der Waals surface area contributed by atoms with Crippen molar-refractivity contribution in [2.45, 2.75) is 20.8 Å². The lowest BCUT2D eigenvalue weighted by atomic mass is 9.98. The van der Waals surface area contributed by atoms with E-state index in [0.717, 1.165) is 38.7 Å². The van der Waals surface area contributed by atoms with E-state index in [2.05, 4.69) is 40.2 Å². The Balaban J connectivity index is 1.92. The van der Waals surface area contributed by atoms with Crippen LogP contribution in [0, 0.1) is 12.8 Å². The fourth-order valence-electron chi connectivity index (χ4n) is 3.54. The third-order valence-electron chi connectivity index (χ3n) is 5.20. The molecular weight excluding hydrogens is 438 g/mol. The third kappa shape index (κ3) is 4.78. The molecule has 2 N–H and O–H groups in total. The molecule has 3 heterocycles. The van der Waals surface area contributed by atoms with Gasteiger partial charge in [-0.25, -0.2) is 13.4 Å². The topological polar surface area (TPSA) is 102 Å². The van der Waals surface area contributed by atoms with Crippen LogP contribution in [-0.2, 0) is 17.1 Å². The maximum Gasteiger partial charge on any atom is 0.254 e. The second-order valence-corrected chi connectivity index (χ2v) is 10.0. The van der Waals surface area contributed by atoms with E-state index in [9.17, 15) is 8.42 Å². The van der Waals surface area contributed by atoms with E-state index in [1.165, 1.54) is 0 Å². The van der Waals surface area contributed by atoms with Gasteiger partial charge in [-0.2, -0.15) is 5.10 Å². The molecule has 0 radical (unpaired) electrons. The van der Waals surface area contributed by atoms with Gasteiger partial charge in [-0.15, -0.1) is 0 Å². The number of hydrogen-bond acceptors (Lipinski definition) is 5. The van der Waals surface area contributed by atoms with Crippen molar-refractivity contribution in [3.63, 3.8) is 0 Å². The fraction of sp³-hybridized carbons (Fsp3) is 0.250. The highest BCUT2D eigenvalue weighted by Gasteiger charge is 2.19. The summed E-state index contributed by atoms with van der Waals surface area (Å²) in [5, 5.41) is 6.07. The van der Waals surface area contributed by atoms with Crippen molar-refractivity contribution in [3.8, 4) is 28.1 Å². The molecule has 0 fully saturated rings. The SMILES string of the molecule is C=CS(=O)(=O)Nc1cc(-c2c(-c3cnn(C)c3)[nH]c3ncc(OCC(C)C)cc23)ccc1C. The van der Waals surface area contributed by atoms with Gasteiger partial charge in [-0.1, -0.05) is 32.6 Å². The van der Waals surface area contributed by atoms with E-state index < -0.39 is 10.0 Å². The summed E-state index contributed by atoms with van der Waals surface area (Å²) < 4.78 is 34.5. The van der Waals surface area contributed by atoms with Crippen LogP contribution in [0.15, 0.2) is 54.8 Å². The van der Waals surface area contributed by atoms with Gasteiger partial charge in [0.05, 0.1) is 30.4 Å². The zero-order valence-electron chi connectivity index (χ0n) is 19.1. The third-order valence-corrected chi connectivity index (χ3v) is 6.14. The Hall–Kier alpha value is -3.59.